The van der Waals surface area contributed by atoms with Crippen molar-refractivity contribution in [3.8, 4) is 0 Å². The molecule has 3 N–H and O–H groups in total. The Labute approximate surface area is 106 Å². The number of ketones is 1. The maximum atomic E-state index is 12.1. The first-order valence-electron chi connectivity index (χ1n) is 5.73. The molecule has 0 radical (unpaired) electrons. The van der Waals surface area contributed by atoms with Crippen LogP contribution < -0.4 is 5.73 Å². The van der Waals surface area contributed by atoms with Crippen molar-refractivity contribution < 1.29 is 14.7 Å². The Morgan fingerprint density at radius 2 is 1.89 bits per heavy atom. The van der Waals surface area contributed by atoms with Gasteiger partial charge in [-0.3, -0.25) is 14.5 Å². The molecule has 0 aliphatic carbocycles. The summed E-state index contributed by atoms with van der Waals surface area (Å²) in [4.78, 5) is 24.3. The van der Waals surface area contributed by atoms with Gasteiger partial charge in [0.2, 0.25) is 0 Å². The first-order valence-corrected chi connectivity index (χ1v) is 5.73. The van der Waals surface area contributed by atoms with Crippen molar-refractivity contribution in [1.29, 1.82) is 0 Å². The SMILES string of the molecule is CC(C(=O)c1ccc(N)cc1)N(C)CCC(=O)O. The second-order valence-electron chi connectivity index (χ2n) is 4.29. The van der Waals surface area contributed by atoms with Crippen LogP contribution in [-0.4, -0.2) is 41.4 Å². The van der Waals surface area contributed by atoms with E-state index in [1.807, 2.05) is 0 Å². The largest absolute Gasteiger partial charge is 0.481 e. The lowest BCUT2D eigenvalue weighted by molar-refractivity contribution is -0.137. The highest BCUT2D eigenvalue weighted by atomic mass is 16.4. The van der Waals surface area contributed by atoms with Crippen LogP contribution in [0.4, 0.5) is 5.69 Å². The maximum absolute atomic E-state index is 12.1. The number of hydrogen-bond acceptors (Lipinski definition) is 4. The summed E-state index contributed by atoms with van der Waals surface area (Å²) in [6.45, 7) is 2.11. The lowest BCUT2D eigenvalue weighted by Gasteiger charge is -2.22. The Balaban J connectivity index is 2.65. The number of carboxylic acids is 1. The van der Waals surface area contributed by atoms with Gasteiger partial charge in [0.1, 0.15) is 0 Å². The third-order valence-corrected chi connectivity index (χ3v) is 2.91. The van der Waals surface area contributed by atoms with E-state index in [0.29, 0.717) is 17.8 Å². The first-order chi connectivity index (χ1) is 8.41. The molecule has 18 heavy (non-hydrogen) atoms. The maximum Gasteiger partial charge on any atom is 0.304 e. The van der Waals surface area contributed by atoms with Crippen LogP contribution in [0.15, 0.2) is 24.3 Å². The number of hydrogen-bond donors (Lipinski definition) is 2. The number of likely N-dealkylation sites (N-methyl/N-ethyl adjacent to an activating group) is 1. The highest BCUT2D eigenvalue weighted by Gasteiger charge is 2.19. The predicted octanol–water partition coefficient (Wildman–Crippen LogP) is 1.25. The lowest BCUT2D eigenvalue weighted by Crippen LogP contribution is -2.37. The molecular formula is C13H18N2O3. The van der Waals surface area contributed by atoms with Crippen molar-refractivity contribution in [2.45, 2.75) is 19.4 Å². The molecule has 0 heterocycles. The summed E-state index contributed by atoms with van der Waals surface area (Å²) in [5.41, 5.74) is 6.75. The molecule has 1 rings (SSSR count). The fraction of sp³-hybridized carbons (Fsp3) is 0.385. The van der Waals surface area contributed by atoms with Gasteiger partial charge in [0.15, 0.2) is 5.78 Å². The summed E-state index contributed by atoms with van der Waals surface area (Å²) in [7, 11) is 1.74. The molecule has 1 aromatic rings. The van der Waals surface area contributed by atoms with E-state index in [1.54, 1.807) is 43.1 Å². The van der Waals surface area contributed by atoms with Crippen LogP contribution in [-0.2, 0) is 4.79 Å². The first kappa shape index (κ1) is 14.2. The second-order valence-corrected chi connectivity index (χ2v) is 4.29. The van der Waals surface area contributed by atoms with Gasteiger partial charge in [0, 0.05) is 17.8 Å². The number of rotatable bonds is 6. The Morgan fingerprint density at radius 3 is 2.39 bits per heavy atom. The van der Waals surface area contributed by atoms with Crippen molar-refractivity contribution in [3.63, 3.8) is 0 Å². The minimum atomic E-state index is -0.867. The van der Waals surface area contributed by atoms with Gasteiger partial charge in [-0.25, -0.2) is 0 Å². The van der Waals surface area contributed by atoms with Gasteiger partial charge < -0.3 is 10.8 Å². The van der Waals surface area contributed by atoms with Crippen molar-refractivity contribution in [2.24, 2.45) is 0 Å². The minimum absolute atomic E-state index is 0.0237. The van der Waals surface area contributed by atoms with Crippen LogP contribution in [0.5, 0.6) is 0 Å². The van der Waals surface area contributed by atoms with E-state index in [4.69, 9.17) is 10.8 Å². The fourth-order valence-corrected chi connectivity index (χ4v) is 1.55. The number of nitrogens with two attached hydrogens (primary N) is 1. The molecule has 0 saturated carbocycles. The number of aliphatic carboxylic acids is 1. The van der Waals surface area contributed by atoms with Gasteiger partial charge in [0.05, 0.1) is 12.5 Å². The molecule has 0 amide bonds. The average Bonchev–Trinajstić information content (AvgIpc) is 2.35. The summed E-state index contributed by atoms with van der Waals surface area (Å²) in [5, 5.41) is 8.60. The third kappa shape index (κ3) is 3.85. The van der Waals surface area contributed by atoms with E-state index >= 15 is 0 Å². The van der Waals surface area contributed by atoms with Crippen molar-refractivity contribution in [3.05, 3.63) is 29.8 Å². The van der Waals surface area contributed by atoms with Gasteiger partial charge >= 0.3 is 5.97 Å². The van der Waals surface area contributed by atoms with E-state index in [2.05, 4.69) is 0 Å². The summed E-state index contributed by atoms with van der Waals surface area (Å²) >= 11 is 0. The van der Waals surface area contributed by atoms with E-state index in [1.165, 1.54) is 0 Å². The molecule has 0 fully saturated rings. The number of nitrogens with zero attached hydrogens (tertiary/aromatic N) is 1. The summed E-state index contributed by atoms with van der Waals surface area (Å²) in [6, 6.07) is 6.36. The van der Waals surface area contributed by atoms with Crippen molar-refractivity contribution in [1.82, 2.24) is 4.90 Å². The van der Waals surface area contributed by atoms with Gasteiger partial charge in [0.25, 0.3) is 0 Å². The molecule has 1 aromatic carbocycles. The number of Topliss-reactive ketones (excluding diaryl/α,β-unsaturated/α-hetero) is 1. The molecule has 98 valence electrons. The zero-order valence-corrected chi connectivity index (χ0v) is 10.6. The summed E-state index contributed by atoms with van der Waals surface area (Å²) < 4.78 is 0. The standard InChI is InChI=1S/C13H18N2O3/c1-9(15(2)8-7-12(16)17)13(18)10-3-5-11(14)6-4-10/h3-6,9H,7-8,14H2,1-2H3,(H,16,17). The number of carbonyl (C=O) groups is 2. The number of nitrogen functional groups attached to an aromatic ring is 1. The molecule has 0 aromatic heterocycles. The number of anilines is 1. The Kier molecular flexibility index (Phi) is 4.85. The molecule has 0 saturated heterocycles. The zero-order chi connectivity index (χ0) is 13.7. The molecule has 5 nitrogen and oxygen atoms in total. The fourth-order valence-electron chi connectivity index (χ4n) is 1.55. The van der Waals surface area contributed by atoms with Gasteiger partial charge in [-0.05, 0) is 38.2 Å². The molecular weight excluding hydrogens is 232 g/mol. The number of carboxylic acid groups (broad SMARTS) is 1. The summed E-state index contributed by atoms with van der Waals surface area (Å²) in [5.74, 6) is -0.906. The molecule has 5 heteroatoms. The van der Waals surface area contributed by atoms with Crippen LogP contribution in [0.25, 0.3) is 0 Å². The molecule has 0 aliphatic heterocycles. The van der Waals surface area contributed by atoms with E-state index < -0.39 is 5.97 Å². The smallest absolute Gasteiger partial charge is 0.304 e. The van der Waals surface area contributed by atoms with E-state index in [9.17, 15) is 9.59 Å². The third-order valence-electron chi connectivity index (χ3n) is 2.91. The normalized spacial score (nSPS) is 12.4. The van der Waals surface area contributed by atoms with Gasteiger partial charge in [-0.15, -0.1) is 0 Å². The quantitative estimate of drug-likeness (QED) is 0.586. The predicted molar refractivity (Wildman–Crippen MR) is 69.5 cm³/mol. The van der Waals surface area contributed by atoms with Gasteiger partial charge in [-0.2, -0.15) is 0 Å². The highest BCUT2D eigenvalue weighted by Crippen LogP contribution is 2.11. The second kappa shape index (κ2) is 6.16. The van der Waals surface area contributed by atoms with Crippen molar-refractivity contribution >= 4 is 17.4 Å². The van der Waals surface area contributed by atoms with Crippen LogP contribution in [0.2, 0.25) is 0 Å². The van der Waals surface area contributed by atoms with Crippen LogP contribution in [0.3, 0.4) is 0 Å². The molecule has 0 spiro atoms. The monoisotopic (exact) mass is 250 g/mol. The van der Waals surface area contributed by atoms with E-state index in [0.717, 1.165) is 0 Å². The zero-order valence-electron chi connectivity index (χ0n) is 10.6. The highest BCUT2D eigenvalue weighted by molar-refractivity contribution is 6.00. The Morgan fingerprint density at radius 1 is 1.33 bits per heavy atom. The van der Waals surface area contributed by atoms with Crippen LogP contribution in [0, 0.1) is 0 Å². The number of carbonyl (C=O) groups excluding carboxylic acids is 1. The average molecular weight is 250 g/mol. The lowest BCUT2D eigenvalue weighted by atomic mass is 10.0. The number of benzene rings is 1. The Bertz CT molecular complexity index is 428. The molecule has 1 atom stereocenters. The van der Waals surface area contributed by atoms with Gasteiger partial charge in [-0.1, -0.05) is 0 Å². The minimum Gasteiger partial charge on any atom is -0.481 e. The topological polar surface area (TPSA) is 83.6 Å². The van der Waals surface area contributed by atoms with Crippen LogP contribution in [0.1, 0.15) is 23.7 Å². The van der Waals surface area contributed by atoms with Crippen LogP contribution >= 0.6 is 0 Å². The summed E-state index contributed by atoms with van der Waals surface area (Å²) in [6.07, 6.45) is 0.0237. The van der Waals surface area contributed by atoms with Crippen molar-refractivity contribution in [2.75, 3.05) is 19.3 Å². The van der Waals surface area contributed by atoms with E-state index in [-0.39, 0.29) is 18.2 Å². The molecule has 1 unspecified atom stereocenters. The Hall–Kier alpha value is -1.88. The molecule has 0 bridgehead atoms. The molecule has 0 aliphatic rings.